The summed E-state index contributed by atoms with van der Waals surface area (Å²) < 4.78 is 34.3. The molecular weight excluding hydrogens is 545 g/mol. The lowest BCUT2D eigenvalue weighted by atomic mass is 10.1. The van der Waals surface area contributed by atoms with Crippen molar-refractivity contribution in [1.82, 2.24) is 5.32 Å². The van der Waals surface area contributed by atoms with Crippen LogP contribution in [0, 0.1) is 0 Å². The van der Waals surface area contributed by atoms with Gasteiger partial charge in [-0.05, 0) is 56.0 Å². The van der Waals surface area contributed by atoms with Crippen LogP contribution in [0.4, 0.5) is 4.79 Å². The molecule has 3 rings (SSSR count). The molecule has 0 fully saturated rings. The summed E-state index contributed by atoms with van der Waals surface area (Å²) in [5.41, 5.74) is 1.99. The van der Waals surface area contributed by atoms with E-state index in [4.69, 9.17) is 18.7 Å². The zero-order valence-corrected chi connectivity index (χ0v) is 24.5. The highest BCUT2D eigenvalue weighted by molar-refractivity contribution is 7.52. The second-order valence-electron chi connectivity index (χ2n) is 10.5. The summed E-state index contributed by atoms with van der Waals surface area (Å²) in [5.74, 6) is 0.0780. The average Bonchev–Trinajstić information content (AvgIpc) is 2.93. The minimum atomic E-state index is -4.14. The van der Waals surface area contributed by atoms with Crippen molar-refractivity contribution in [2.45, 2.75) is 58.5 Å². The molecule has 0 radical (unpaired) electrons. The molecule has 0 aliphatic rings. The van der Waals surface area contributed by atoms with Crippen LogP contribution in [0.2, 0.25) is 0 Å². The van der Waals surface area contributed by atoms with E-state index in [1.54, 1.807) is 20.8 Å². The van der Waals surface area contributed by atoms with Crippen LogP contribution < -0.4 is 10.1 Å². The van der Waals surface area contributed by atoms with E-state index in [9.17, 15) is 19.0 Å². The summed E-state index contributed by atoms with van der Waals surface area (Å²) in [6.45, 7) is 5.47. The van der Waals surface area contributed by atoms with Gasteiger partial charge in [0.15, 0.2) is 0 Å². The van der Waals surface area contributed by atoms with Crippen LogP contribution in [-0.4, -0.2) is 41.4 Å². The summed E-state index contributed by atoms with van der Waals surface area (Å²) in [6.07, 6.45) is -1.06. The maximum atomic E-state index is 12.7. The Labute approximate surface area is 241 Å². The number of carbonyl (C=O) groups excluding carboxylic acids is 2. The first-order chi connectivity index (χ1) is 19.5. The predicted octanol–water partition coefficient (Wildman–Crippen LogP) is 6.04. The molecule has 0 aromatic heterocycles. The summed E-state index contributed by atoms with van der Waals surface area (Å²) >= 11 is 0. The zero-order valence-electron chi connectivity index (χ0n) is 23.7. The van der Waals surface area contributed by atoms with Gasteiger partial charge in [-0.15, -0.1) is 0 Å². The molecule has 0 aliphatic carbocycles. The van der Waals surface area contributed by atoms with Gasteiger partial charge in [0.2, 0.25) is 0 Å². The Bertz CT molecular complexity index is 1280. The second kappa shape index (κ2) is 15.4. The zero-order chi connectivity index (χ0) is 29.7. The lowest BCUT2D eigenvalue weighted by Crippen LogP contribution is -2.42. The number of alkyl carbamates (subject to hydrolysis) is 1. The average molecular weight is 584 g/mol. The van der Waals surface area contributed by atoms with Gasteiger partial charge in [-0.25, -0.2) is 4.79 Å². The molecule has 1 unspecified atom stereocenters. The number of rotatable bonds is 14. The minimum Gasteiger partial charge on any atom is -0.489 e. The number of carbonyl (C=O) groups is 2. The molecule has 10 heteroatoms. The monoisotopic (exact) mass is 583 g/mol. The topological polar surface area (TPSA) is 120 Å². The molecule has 2 atom stereocenters. The van der Waals surface area contributed by atoms with Crippen LogP contribution in [0.3, 0.4) is 0 Å². The molecule has 9 nitrogen and oxygen atoms in total. The van der Waals surface area contributed by atoms with E-state index in [1.165, 1.54) is 0 Å². The van der Waals surface area contributed by atoms with Gasteiger partial charge in [0.05, 0.1) is 25.2 Å². The standard InChI is InChI=1S/C31H38NO8P/c1-31(2,3)40-30(34)32-27(20-24-14-16-28(17-15-24)37-21-25-10-6-4-7-11-25)23-39-41(35,36)19-18-29(33)38-22-26-12-8-5-9-13-26/h4-17,27H,18-23H2,1-3H3,(H,32,34)(H,35,36)/t27-/m0/s1. The number of benzene rings is 3. The van der Waals surface area contributed by atoms with Crippen LogP contribution in [0.15, 0.2) is 84.9 Å². The largest absolute Gasteiger partial charge is 0.489 e. The maximum Gasteiger partial charge on any atom is 0.407 e. The van der Waals surface area contributed by atoms with Crippen LogP contribution in [-0.2, 0) is 43.0 Å². The highest BCUT2D eigenvalue weighted by Gasteiger charge is 2.26. The third kappa shape index (κ3) is 13.0. The molecule has 1 amide bonds. The molecule has 3 aromatic rings. The van der Waals surface area contributed by atoms with Crippen molar-refractivity contribution in [3.05, 3.63) is 102 Å². The molecule has 220 valence electrons. The van der Waals surface area contributed by atoms with Gasteiger partial charge in [-0.1, -0.05) is 72.8 Å². The van der Waals surface area contributed by atoms with E-state index in [0.29, 0.717) is 18.8 Å². The first kappa shape index (κ1) is 31.9. The van der Waals surface area contributed by atoms with E-state index < -0.39 is 37.5 Å². The van der Waals surface area contributed by atoms with Gasteiger partial charge in [0, 0.05) is 0 Å². The van der Waals surface area contributed by atoms with Crippen molar-refractivity contribution in [3.8, 4) is 5.75 Å². The van der Waals surface area contributed by atoms with Gasteiger partial charge in [0.1, 0.15) is 24.6 Å². The van der Waals surface area contributed by atoms with Gasteiger partial charge >= 0.3 is 19.7 Å². The van der Waals surface area contributed by atoms with Crippen molar-refractivity contribution in [1.29, 1.82) is 0 Å². The van der Waals surface area contributed by atoms with Crippen LogP contribution in [0.5, 0.6) is 5.75 Å². The summed E-state index contributed by atoms with van der Waals surface area (Å²) in [4.78, 5) is 34.9. The molecule has 0 bridgehead atoms. The predicted molar refractivity (Wildman–Crippen MR) is 156 cm³/mol. The molecular formula is C31H38NO8P. The van der Waals surface area contributed by atoms with Crippen LogP contribution in [0.25, 0.3) is 0 Å². The molecule has 0 saturated heterocycles. The second-order valence-corrected chi connectivity index (χ2v) is 12.5. The highest BCUT2D eigenvalue weighted by atomic mass is 31.2. The maximum absolute atomic E-state index is 12.7. The Hall–Kier alpha value is -3.65. The Kier molecular flexibility index (Phi) is 12.0. The van der Waals surface area contributed by atoms with Gasteiger partial charge in [-0.2, -0.15) is 0 Å². The number of hydrogen-bond acceptors (Lipinski definition) is 7. The third-order valence-corrected chi connectivity index (χ3v) is 7.03. The van der Waals surface area contributed by atoms with E-state index in [-0.39, 0.29) is 19.6 Å². The smallest absolute Gasteiger partial charge is 0.407 e. The SMILES string of the molecule is CC(C)(C)OC(=O)N[C@H](COP(=O)(O)CCC(=O)OCc1ccccc1)Cc1ccc(OCc2ccccc2)cc1. The van der Waals surface area contributed by atoms with E-state index in [2.05, 4.69) is 5.32 Å². The van der Waals surface area contributed by atoms with Crippen LogP contribution >= 0.6 is 7.60 Å². The normalized spacial score (nSPS) is 13.5. The quantitative estimate of drug-likeness (QED) is 0.174. The third-order valence-electron chi connectivity index (χ3n) is 5.69. The first-order valence-electron chi connectivity index (χ1n) is 13.4. The van der Waals surface area contributed by atoms with E-state index >= 15 is 0 Å². The molecule has 0 spiro atoms. The van der Waals surface area contributed by atoms with Crippen molar-refractivity contribution in [2.75, 3.05) is 12.8 Å². The Morgan fingerprint density at radius 3 is 2.02 bits per heavy atom. The molecule has 41 heavy (non-hydrogen) atoms. The van der Waals surface area contributed by atoms with Gasteiger partial charge in [0.25, 0.3) is 0 Å². The van der Waals surface area contributed by atoms with E-state index in [0.717, 1.165) is 16.7 Å². The lowest BCUT2D eigenvalue weighted by Gasteiger charge is -2.24. The fourth-order valence-electron chi connectivity index (χ4n) is 3.69. The number of amides is 1. The molecule has 0 aliphatic heterocycles. The number of nitrogens with one attached hydrogen (secondary N) is 1. The van der Waals surface area contributed by atoms with Gasteiger partial charge in [-0.3, -0.25) is 9.36 Å². The molecule has 2 N–H and O–H groups in total. The Morgan fingerprint density at radius 2 is 1.44 bits per heavy atom. The highest BCUT2D eigenvalue weighted by Crippen LogP contribution is 2.42. The molecule has 0 heterocycles. The summed E-state index contributed by atoms with van der Waals surface area (Å²) in [6, 6.07) is 25.6. The van der Waals surface area contributed by atoms with E-state index in [1.807, 2.05) is 84.9 Å². The molecule has 0 saturated carbocycles. The van der Waals surface area contributed by atoms with Crippen molar-refractivity contribution in [3.63, 3.8) is 0 Å². The lowest BCUT2D eigenvalue weighted by molar-refractivity contribution is -0.144. The fraction of sp³-hybridized carbons (Fsp3) is 0.355. The first-order valence-corrected chi connectivity index (χ1v) is 15.1. The van der Waals surface area contributed by atoms with Crippen molar-refractivity contribution in [2.24, 2.45) is 0 Å². The minimum absolute atomic E-state index is 0.0776. The number of hydrogen-bond donors (Lipinski definition) is 2. The van der Waals surface area contributed by atoms with Crippen molar-refractivity contribution < 1.29 is 37.8 Å². The Balaban J connectivity index is 1.54. The summed E-state index contributed by atoms with van der Waals surface area (Å²) in [5, 5.41) is 2.72. The number of ether oxygens (including phenoxy) is 3. The van der Waals surface area contributed by atoms with Crippen molar-refractivity contribution >= 4 is 19.7 Å². The fourth-order valence-corrected chi connectivity index (χ4v) is 4.69. The Morgan fingerprint density at radius 1 is 0.854 bits per heavy atom. The molecule has 3 aromatic carbocycles. The number of esters is 1. The summed E-state index contributed by atoms with van der Waals surface area (Å²) in [7, 11) is -4.14. The van der Waals surface area contributed by atoms with Crippen LogP contribution in [0.1, 0.15) is 43.9 Å². The van der Waals surface area contributed by atoms with Gasteiger partial charge < -0.3 is 28.9 Å².